The number of carboxylic acids is 1. The number of rotatable bonds is 9. The lowest BCUT2D eigenvalue weighted by atomic mass is 10.0. The van der Waals surface area contributed by atoms with E-state index >= 15 is 0 Å². The Bertz CT molecular complexity index is 407. The highest BCUT2D eigenvalue weighted by molar-refractivity contribution is 5.97. The fraction of sp³-hybridized carbons (Fsp3) is 0.500. The van der Waals surface area contributed by atoms with E-state index in [2.05, 4.69) is 6.92 Å². The lowest BCUT2D eigenvalue weighted by Crippen LogP contribution is -2.03. The fourth-order valence-corrected chi connectivity index (χ4v) is 1.98. The van der Waals surface area contributed by atoms with Crippen LogP contribution >= 0.6 is 0 Å². The van der Waals surface area contributed by atoms with Crippen LogP contribution in [0.15, 0.2) is 24.3 Å². The second-order valence-electron chi connectivity index (χ2n) is 4.82. The van der Waals surface area contributed by atoms with E-state index in [1.807, 2.05) is 12.1 Å². The molecule has 0 spiro atoms. The van der Waals surface area contributed by atoms with Gasteiger partial charge in [0.25, 0.3) is 0 Å². The number of carbonyl (C=O) groups excluding carboxylic acids is 1. The molecule has 3 heteroatoms. The predicted octanol–water partition coefficient (Wildman–Crippen LogP) is 3.86. The number of Topliss-reactive ketones (excluding diaryl/α,β-unsaturated/α-hetero) is 1. The van der Waals surface area contributed by atoms with Gasteiger partial charge in [0.15, 0.2) is 5.78 Å². The van der Waals surface area contributed by atoms with Crippen molar-refractivity contribution in [1.29, 1.82) is 0 Å². The van der Waals surface area contributed by atoms with Crippen molar-refractivity contribution in [1.82, 2.24) is 0 Å². The molecule has 0 fully saturated rings. The van der Waals surface area contributed by atoms with E-state index in [1.54, 1.807) is 12.1 Å². The lowest BCUT2D eigenvalue weighted by molar-refractivity contribution is -0.136. The summed E-state index contributed by atoms with van der Waals surface area (Å²) >= 11 is 0. The molecule has 0 aliphatic carbocycles. The number of benzene rings is 1. The molecule has 0 aromatic heterocycles. The zero-order valence-corrected chi connectivity index (χ0v) is 11.5. The molecule has 1 rings (SSSR count). The number of hydrogen-bond donors (Lipinski definition) is 1. The van der Waals surface area contributed by atoms with Crippen molar-refractivity contribution in [3.8, 4) is 0 Å². The third kappa shape index (κ3) is 6.18. The Balaban J connectivity index is 2.42. The molecule has 0 radical (unpaired) electrons. The summed E-state index contributed by atoms with van der Waals surface area (Å²) in [5.41, 5.74) is 1.85. The largest absolute Gasteiger partial charge is 0.481 e. The maximum atomic E-state index is 11.7. The smallest absolute Gasteiger partial charge is 0.303 e. The maximum Gasteiger partial charge on any atom is 0.303 e. The Morgan fingerprint density at radius 3 is 2.26 bits per heavy atom. The molecule has 0 unspecified atom stereocenters. The van der Waals surface area contributed by atoms with Crippen molar-refractivity contribution >= 4 is 11.8 Å². The number of carboxylic acid groups (broad SMARTS) is 1. The van der Waals surface area contributed by atoms with Crippen molar-refractivity contribution in [2.75, 3.05) is 0 Å². The van der Waals surface area contributed by atoms with Crippen LogP contribution in [0.25, 0.3) is 0 Å². The van der Waals surface area contributed by atoms with Gasteiger partial charge in [0.1, 0.15) is 0 Å². The second kappa shape index (κ2) is 8.46. The Morgan fingerprint density at radius 1 is 1.00 bits per heavy atom. The molecule has 104 valence electrons. The number of unbranched alkanes of at least 4 members (excludes halogenated alkanes) is 3. The van der Waals surface area contributed by atoms with Crippen molar-refractivity contribution in [3.63, 3.8) is 0 Å². The lowest BCUT2D eigenvalue weighted by Gasteiger charge is -2.03. The number of aryl methyl sites for hydroxylation is 1. The van der Waals surface area contributed by atoms with E-state index < -0.39 is 5.97 Å². The molecule has 1 aromatic rings. The van der Waals surface area contributed by atoms with E-state index in [-0.39, 0.29) is 18.6 Å². The van der Waals surface area contributed by atoms with Crippen LogP contribution in [0.4, 0.5) is 0 Å². The molecule has 1 aromatic carbocycles. The topological polar surface area (TPSA) is 54.4 Å². The van der Waals surface area contributed by atoms with E-state index in [0.717, 1.165) is 6.42 Å². The normalized spacial score (nSPS) is 10.4. The van der Waals surface area contributed by atoms with E-state index in [9.17, 15) is 9.59 Å². The molecule has 0 aliphatic heterocycles. The summed E-state index contributed by atoms with van der Waals surface area (Å²) < 4.78 is 0. The standard InChI is InChI=1S/C16H22O3/c1-2-3-4-5-6-13-7-9-14(10-8-13)15(17)11-12-16(18)19/h7-10H,2-6,11-12H2,1H3,(H,18,19). The third-order valence-corrected chi connectivity index (χ3v) is 3.16. The first-order valence-electron chi connectivity index (χ1n) is 6.97. The van der Waals surface area contributed by atoms with Gasteiger partial charge >= 0.3 is 5.97 Å². The van der Waals surface area contributed by atoms with Crippen LogP contribution in [0.5, 0.6) is 0 Å². The maximum absolute atomic E-state index is 11.7. The average molecular weight is 262 g/mol. The summed E-state index contributed by atoms with van der Waals surface area (Å²) in [7, 11) is 0. The molecule has 0 saturated carbocycles. The van der Waals surface area contributed by atoms with Crippen LogP contribution in [-0.4, -0.2) is 16.9 Å². The van der Waals surface area contributed by atoms with Gasteiger partial charge in [-0.05, 0) is 18.4 Å². The molecular weight excluding hydrogens is 240 g/mol. The van der Waals surface area contributed by atoms with Gasteiger partial charge in [-0.25, -0.2) is 0 Å². The highest BCUT2D eigenvalue weighted by atomic mass is 16.4. The number of aliphatic carboxylic acids is 1. The summed E-state index contributed by atoms with van der Waals surface area (Å²) in [6.45, 7) is 2.19. The van der Waals surface area contributed by atoms with Crippen LogP contribution in [0, 0.1) is 0 Å². The van der Waals surface area contributed by atoms with Gasteiger partial charge < -0.3 is 5.11 Å². The summed E-state index contributed by atoms with van der Waals surface area (Å²) in [5.74, 6) is -1.03. The summed E-state index contributed by atoms with van der Waals surface area (Å²) in [5, 5.41) is 8.54. The van der Waals surface area contributed by atoms with Crippen LogP contribution in [0.1, 0.15) is 61.4 Å². The summed E-state index contributed by atoms with van der Waals surface area (Å²) in [4.78, 5) is 22.1. The van der Waals surface area contributed by atoms with Crippen molar-refractivity contribution in [2.45, 2.75) is 51.9 Å². The monoisotopic (exact) mass is 262 g/mol. The molecule has 1 N–H and O–H groups in total. The van der Waals surface area contributed by atoms with E-state index in [1.165, 1.54) is 31.2 Å². The Kier molecular flexibility index (Phi) is 6.86. The van der Waals surface area contributed by atoms with Crippen LogP contribution in [0.2, 0.25) is 0 Å². The Labute approximate surface area is 114 Å². The molecule has 3 nitrogen and oxygen atoms in total. The minimum Gasteiger partial charge on any atom is -0.481 e. The van der Waals surface area contributed by atoms with E-state index in [4.69, 9.17) is 5.11 Å². The van der Waals surface area contributed by atoms with Gasteiger partial charge in [0.05, 0.1) is 6.42 Å². The zero-order valence-electron chi connectivity index (χ0n) is 11.5. The van der Waals surface area contributed by atoms with Gasteiger partial charge in [-0.3, -0.25) is 9.59 Å². The van der Waals surface area contributed by atoms with Gasteiger partial charge in [0, 0.05) is 12.0 Å². The number of carbonyl (C=O) groups is 2. The first-order valence-corrected chi connectivity index (χ1v) is 6.97. The zero-order chi connectivity index (χ0) is 14.1. The van der Waals surface area contributed by atoms with Gasteiger partial charge in [-0.2, -0.15) is 0 Å². The molecule has 0 saturated heterocycles. The highest BCUT2D eigenvalue weighted by Crippen LogP contribution is 2.11. The van der Waals surface area contributed by atoms with Crippen molar-refractivity contribution in [2.24, 2.45) is 0 Å². The minimum atomic E-state index is -0.930. The molecule has 0 heterocycles. The van der Waals surface area contributed by atoms with Crippen LogP contribution in [-0.2, 0) is 11.2 Å². The first kappa shape index (κ1) is 15.4. The molecule has 0 aliphatic rings. The molecule has 0 bridgehead atoms. The minimum absolute atomic E-state index is 0.0746. The van der Waals surface area contributed by atoms with E-state index in [0.29, 0.717) is 5.56 Å². The van der Waals surface area contributed by atoms with Gasteiger partial charge in [0.2, 0.25) is 0 Å². The highest BCUT2D eigenvalue weighted by Gasteiger charge is 2.08. The third-order valence-electron chi connectivity index (χ3n) is 3.16. The van der Waals surface area contributed by atoms with Gasteiger partial charge in [-0.1, -0.05) is 50.5 Å². The Morgan fingerprint density at radius 2 is 1.68 bits per heavy atom. The number of hydrogen-bond acceptors (Lipinski definition) is 2. The molecule has 19 heavy (non-hydrogen) atoms. The molecule has 0 atom stereocenters. The molecule has 0 amide bonds. The quantitative estimate of drug-likeness (QED) is 0.543. The average Bonchev–Trinajstić information content (AvgIpc) is 2.41. The van der Waals surface area contributed by atoms with Crippen LogP contribution in [0.3, 0.4) is 0 Å². The fourth-order valence-electron chi connectivity index (χ4n) is 1.98. The molecular formula is C16H22O3. The van der Waals surface area contributed by atoms with Gasteiger partial charge in [-0.15, -0.1) is 0 Å². The second-order valence-corrected chi connectivity index (χ2v) is 4.82. The number of ketones is 1. The van der Waals surface area contributed by atoms with Crippen molar-refractivity contribution < 1.29 is 14.7 Å². The first-order chi connectivity index (χ1) is 9.13. The Hall–Kier alpha value is -1.64. The van der Waals surface area contributed by atoms with Crippen molar-refractivity contribution in [3.05, 3.63) is 35.4 Å². The SMILES string of the molecule is CCCCCCc1ccc(C(=O)CCC(=O)O)cc1. The predicted molar refractivity (Wildman–Crippen MR) is 75.5 cm³/mol. The van der Waals surface area contributed by atoms with Crippen LogP contribution < -0.4 is 0 Å². The summed E-state index contributed by atoms with van der Waals surface area (Å²) in [6.07, 6.45) is 5.95. The summed E-state index contributed by atoms with van der Waals surface area (Å²) in [6, 6.07) is 7.55.